The van der Waals surface area contributed by atoms with Crippen LogP contribution in [-0.4, -0.2) is 28.6 Å². The zero-order valence-electron chi connectivity index (χ0n) is 12.1. The molecule has 1 aliphatic heterocycles. The van der Waals surface area contributed by atoms with Crippen LogP contribution in [0.3, 0.4) is 0 Å². The highest BCUT2D eigenvalue weighted by atomic mass is 16.4. The molecule has 2 aliphatic rings. The summed E-state index contributed by atoms with van der Waals surface area (Å²) in [6.45, 7) is 3.60. The fourth-order valence-electron chi connectivity index (χ4n) is 3.96. The van der Waals surface area contributed by atoms with Crippen LogP contribution in [0.25, 0.3) is 0 Å². The Morgan fingerprint density at radius 1 is 1.35 bits per heavy atom. The van der Waals surface area contributed by atoms with Gasteiger partial charge in [-0.25, -0.2) is 4.79 Å². The molecule has 1 aromatic rings. The van der Waals surface area contributed by atoms with Crippen LogP contribution in [0.5, 0.6) is 0 Å². The zero-order valence-corrected chi connectivity index (χ0v) is 12.1. The third-order valence-corrected chi connectivity index (χ3v) is 4.92. The van der Waals surface area contributed by atoms with Crippen LogP contribution in [-0.2, 0) is 6.54 Å². The van der Waals surface area contributed by atoms with E-state index in [1.807, 2.05) is 0 Å². The second-order valence-corrected chi connectivity index (χ2v) is 6.21. The first-order chi connectivity index (χ1) is 9.65. The monoisotopic (exact) mass is 277 g/mol. The summed E-state index contributed by atoms with van der Waals surface area (Å²) in [7, 11) is 0. The Labute approximate surface area is 119 Å². The van der Waals surface area contributed by atoms with Crippen LogP contribution in [0.4, 0.5) is 0 Å². The number of hydrogen-bond donors (Lipinski definition) is 1. The molecule has 1 aromatic heterocycles. The Kier molecular flexibility index (Phi) is 3.83. The predicted molar refractivity (Wildman–Crippen MR) is 75.8 cm³/mol. The van der Waals surface area contributed by atoms with E-state index in [0.29, 0.717) is 17.4 Å². The molecule has 4 nitrogen and oxygen atoms in total. The van der Waals surface area contributed by atoms with Crippen LogP contribution in [0.15, 0.2) is 10.5 Å². The van der Waals surface area contributed by atoms with Gasteiger partial charge >= 0.3 is 5.97 Å². The molecule has 1 N–H and O–H groups in total. The van der Waals surface area contributed by atoms with E-state index in [1.165, 1.54) is 38.5 Å². The summed E-state index contributed by atoms with van der Waals surface area (Å²) in [5.41, 5.74) is 0.302. The molecular weight excluding hydrogens is 254 g/mol. The van der Waals surface area contributed by atoms with Crippen molar-refractivity contribution in [2.75, 3.05) is 6.54 Å². The van der Waals surface area contributed by atoms with Crippen LogP contribution >= 0.6 is 0 Å². The molecule has 0 amide bonds. The number of carboxylic acids is 1. The molecule has 4 heteroatoms. The SMILES string of the molecule is Cc1oc(CN2CCCC2C2CCCC2)cc1C(=O)O. The molecule has 0 spiro atoms. The molecule has 1 saturated carbocycles. The molecular formula is C16H23NO3. The molecule has 1 unspecified atom stereocenters. The van der Waals surface area contributed by atoms with Gasteiger partial charge in [-0.1, -0.05) is 12.8 Å². The van der Waals surface area contributed by atoms with Crippen molar-refractivity contribution in [3.05, 3.63) is 23.2 Å². The van der Waals surface area contributed by atoms with Gasteiger partial charge in [-0.3, -0.25) is 4.90 Å². The van der Waals surface area contributed by atoms with Crippen LogP contribution in [0, 0.1) is 12.8 Å². The normalized spacial score (nSPS) is 24.6. The average molecular weight is 277 g/mol. The van der Waals surface area contributed by atoms with Crippen LogP contribution < -0.4 is 0 Å². The molecule has 0 aromatic carbocycles. The van der Waals surface area contributed by atoms with Crippen molar-refractivity contribution in [3.8, 4) is 0 Å². The Morgan fingerprint density at radius 3 is 2.75 bits per heavy atom. The first-order valence-electron chi connectivity index (χ1n) is 7.72. The van der Waals surface area contributed by atoms with Gasteiger partial charge < -0.3 is 9.52 Å². The molecule has 0 radical (unpaired) electrons. The van der Waals surface area contributed by atoms with Crippen molar-refractivity contribution in [1.82, 2.24) is 4.90 Å². The molecule has 1 atom stereocenters. The van der Waals surface area contributed by atoms with Crippen molar-refractivity contribution >= 4 is 5.97 Å². The number of aryl methyl sites for hydroxylation is 1. The van der Waals surface area contributed by atoms with E-state index in [2.05, 4.69) is 4.90 Å². The zero-order chi connectivity index (χ0) is 14.1. The maximum absolute atomic E-state index is 11.1. The molecule has 2 heterocycles. The fourth-order valence-corrected chi connectivity index (χ4v) is 3.96. The van der Waals surface area contributed by atoms with Crippen molar-refractivity contribution in [2.24, 2.45) is 5.92 Å². The van der Waals surface area contributed by atoms with E-state index in [1.54, 1.807) is 13.0 Å². The number of furan rings is 1. The largest absolute Gasteiger partial charge is 0.478 e. The van der Waals surface area contributed by atoms with Gasteiger partial charge in [-0.15, -0.1) is 0 Å². The minimum absolute atomic E-state index is 0.302. The summed E-state index contributed by atoms with van der Waals surface area (Å²) < 4.78 is 5.63. The van der Waals surface area contributed by atoms with E-state index in [-0.39, 0.29) is 0 Å². The first kappa shape index (κ1) is 13.7. The maximum Gasteiger partial charge on any atom is 0.339 e. The number of nitrogens with zero attached hydrogens (tertiary/aromatic N) is 1. The van der Waals surface area contributed by atoms with E-state index in [9.17, 15) is 4.79 Å². The number of aromatic carboxylic acids is 1. The van der Waals surface area contributed by atoms with Gasteiger partial charge in [0.25, 0.3) is 0 Å². The lowest BCUT2D eigenvalue weighted by Crippen LogP contribution is -2.34. The molecule has 3 rings (SSSR count). The van der Waals surface area contributed by atoms with Gasteiger partial charge in [-0.2, -0.15) is 0 Å². The fraction of sp³-hybridized carbons (Fsp3) is 0.688. The van der Waals surface area contributed by atoms with E-state index in [0.717, 1.165) is 24.8 Å². The second-order valence-electron chi connectivity index (χ2n) is 6.21. The standard InChI is InChI=1S/C16H23NO3/c1-11-14(16(18)19)9-13(20-11)10-17-8-4-7-15(17)12-5-2-3-6-12/h9,12,15H,2-8,10H2,1H3,(H,18,19). The van der Waals surface area contributed by atoms with Crippen molar-refractivity contribution in [2.45, 2.75) is 58.0 Å². The minimum Gasteiger partial charge on any atom is -0.478 e. The van der Waals surface area contributed by atoms with Gasteiger partial charge in [0.15, 0.2) is 0 Å². The smallest absolute Gasteiger partial charge is 0.339 e. The van der Waals surface area contributed by atoms with Crippen molar-refractivity contribution < 1.29 is 14.3 Å². The molecule has 20 heavy (non-hydrogen) atoms. The lowest BCUT2D eigenvalue weighted by Gasteiger charge is -2.28. The van der Waals surface area contributed by atoms with Crippen LogP contribution in [0.2, 0.25) is 0 Å². The summed E-state index contributed by atoms with van der Waals surface area (Å²) in [6, 6.07) is 2.37. The highest BCUT2D eigenvalue weighted by Gasteiger charge is 2.33. The molecule has 1 aliphatic carbocycles. The minimum atomic E-state index is -0.897. The molecule has 2 fully saturated rings. The average Bonchev–Trinajstić information content (AvgIpc) is 3.09. The second kappa shape index (κ2) is 5.60. The third kappa shape index (κ3) is 2.62. The topological polar surface area (TPSA) is 53.7 Å². The number of hydrogen-bond acceptors (Lipinski definition) is 3. The number of likely N-dealkylation sites (tertiary alicyclic amines) is 1. The summed E-state index contributed by atoms with van der Waals surface area (Å²) in [5.74, 6) is 1.26. The lowest BCUT2D eigenvalue weighted by atomic mass is 9.96. The van der Waals surface area contributed by atoms with Gasteiger partial charge in [0.05, 0.1) is 6.54 Å². The lowest BCUT2D eigenvalue weighted by molar-refractivity contribution is 0.0695. The summed E-state index contributed by atoms with van der Waals surface area (Å²) in [6.07, 6.45) is 8.01. The quantitative estimate of drug-likeness (QED) is 0.916. The maximum atomic E-state index is 11.1. The van der Waals surface area contributed by atoms with Gasteiger partial charge in [0, 0.05) is 6.04 Å². The van der Waals surface area contributed by atoms with E-state index >= 15 is 0 Å². The van der Waals surface area contributed by atoms with Gasteiger partial charge in [0.2, 0.25) is 0 Å². The number of carbonyl (C=O) groups is 1. The number of carboxylic acid groups (broad SMARTS) is 1. The first-order valence-corrected chi connectivity index (χ1v) is 7.72. The molecule has 110 valence electrons. The van der Waals surface area contributed by atoms with E-state index < -0.39 is 5.97 Å². The van der Waals surface area contributed by atoms with E-state index in [4.69, 9.17) is 9.52 Å². The Hall–Kier alpha value is -1.29. The summed E-state index contributed by atoms with van der Waals surface area (Å²) in [5, 5.41) is 9.09. The summed E-state index contributed by atoms with van der Waals surface area (Å²) in [4.78, 5) is 13.6. The Balaban J connectivity index is 1.70. The highest BCUT2D eigenvalue weighted by Crippen LogP contribution is 2.36. The van der Waals surface area contributed by atoms with Crippen molar-refractivity contribution in [1.29, 1.82) is 0 Å². The summed E-state index contributed by atoms with van der Waals surface area (Å²) >= 11 is 0. The molecule has 0 bridgehead atoms. The van der Waals surface area contributed by atoms with Crippen LogP contribution in [0.1, 0.15) is 60.4 Å². The highest BCUT2D eigenvalue weighted by molar-refractivity contribution is 5.88. The Morgan fingerprint density at radius 2 is 2.10 bits per heavy atom. The number of rotatable bonds is 4. The predicted octanol–water partition coefficient (Wildman–Crippen LogP) is 3.44. The Bertz CT molecular complexity index is 488. The van der Waals surface area contributed by atoms with Crippen molar-refractivity contribution in [3.63, 3.8) is 0 Å². The van der Waals surface area contributed by atoms with Gasteiger partial charge in [0.1, 0.15) is 17.1 Å². The molecule has 1 saturated heterocycles. The van der Waals surface area contributed by atoms with Gasteiger partial charge in [-0.05, 0) is 51.1 Å². The third-order valence-electron chi connectivity index (χ3n) is 4.92.